The average Bonchev–Trinajstić information content (AvgIpc) is 2.37. The van der Waals surface area contributed by atoms with Gasteiger partial charge in [-0.3, -0.25) is 4.79 Å². The molecule has 0 radical (unpaired) electrons. The van der Waals surface area contributed by atoms with Crippen molar-refractivity contribution in [1.82, 2.24) is 0 Å². The zero-order valence-corrected chi connectivity index (χ0v) is 10.3. The first kappa shape index (κ1) is 13.2. The van der Waals surface area contributed by atoms with Crippen molar-refractivity contribution in [3.63, 3.8) is 0 Å². The second-order valence-corrected chi connectivity index (χ2v) is 3.98. The molecule has 2 nitrogen and oxygen atoms in total. The minimum absolute atomic E-state index is 0.0221. The van der Waals surface area contributed by atoms with Crippen molar-refractivity contribution in [2.24, 2.45) is 0 Å². The molecule has 0 fully saturated rings. The number of Topliss-reactive ketones (excluding diaryl/α,β-unsaturated/α-hetero) is 1. The summed E-state index contributed by atoms with van der Waals surface area (Å²) in [5, 5.41) is 0. The van der Waals surface area contributed by atoms with Gasteiger partial charge < -0.3 is 4.74 Å². The highest BCUT2D eigenvalue weighted by molar-refractivity contribution is 5.98. The van der Waals surface area contributed by atoms with Crippen molar-refractivity contribution in [1.29, 1.82) is 0 Å². The van der Waals surface area contributed by atoms with E-state index in [0.717, 1.165) is 18.2 Å². The molecule has 0 bridgehead atoms. The summed E-state index contributed by atoms with van der Waals surface area (Å²) in [6.45, 7) is 1.74. The molecule has 0 N–H and O–H groups in total. The summed E-state index contributed by atoms with van der Waals surface area (Å²) in [6.07, 6.45) is 0.331. The van der Waals surface area contributed by atoms with Gasteiger partial charge in [-0.05, 0) is 12.1 Å². The minimum atomic E-state index is -0.728. The van der Waals surface area contributed by atoms with Crippen LogP contribution in [0.15, 0.2) is 42.5 Å². The molecular formula is C15H12F2O2. The van der Waals surface area contributed by atoms with Gasteiger partial charge in [0.15, 0.2) is 5.78 Å². The molecule has 19 heavy (non-hydrogen) atoms. The molecular weight excluding hydrogens is 250 g/mol. The van der Waals surface area contributed by atoms with Crippen molar-refractivity contribution in [2.75, 3.05) is 0 Å². The fourth-order valence-corrected chi connectivity index (χ4v) is 1.69. The Morgan fingerprint density at radius 1 is 1.11 bits per heavy atom. The predicted molar refractivity (Wildman–Crippen MR) is 67.5 cm³/mol. The Morgan fingerprint density at radius 3 is 2.37 bits per heavy atom. The summed E-state index contributed by atoms with van der Waals surface area (Å²) < 4.78 is 31.5. The first-order chi connectivity index (χ1) is 9.10. The molecule has 2 aromatic rings. The van der Waals surface area contributed by atoms with Crippen LogP contribution in [0.2, 0.25) is 0 Å². The standard InChI is InChI=1S/C15H12F2O2/c1-2-14(18)13-5-3-4-6-15(13)19-12-8-10(16)7-11(17)9-12/h3-9H,2H2,1H3. The maximum absolute atomic E-state index is 13.1. The van der Waals surface area contributed by atoms with E-state index in [1.165, 1.54) is 0 Å². The largest absolute Gasteiger partial charge is 0.456 e. The molecule has 0 aliphatic heterocycles. The van der Waals surface area contributed by atoms with E-state index in [9.17, 15) is 13.6 Å². The molecule has 98 valence electrons. The summed E-state index contributed by atoms with van der Waals surface area (Å²) >= 11 is 0. The van der Waals surface area contributed by atoms with Gasteiger partial charge in [0, 0.05) is 24.6 Å². The van der Waals surface area contributed by atoms with Crippen LogP contribution in [0.5, 0.6) is 11.5 Å². The van der Waals surface area contributed by atoms with Crippen LogP contribution in [-0.4, -0.2) is 5.78 Å². The van der Waals surface area contributed by atoms with Crippen LogP contribution in [-0.2, 0) is 0 Å². The van der Waals surface area contributed by atoms with Gasteiger partial charge in [-0.15, -0.1) is 0 Å². The van der Waals surface area contributed by atoms with Gasteiger partial charge in [-0.1, -0.05) is 19.1 Å². The van der Waals surface area contributed by atoms with E-state index in [-0.39, 0.29) is 11.5 Å². The molecule has 0 aliphatic rings. The summed E-state index contributed by atoms with van der Waals surface area (Å²) in [5.74, 6) is -1.23. The van der Waals surface area contributed by atoms with E-state index in [1.54, 1.807) is 31.2 Å². The molecule has 0 atom stereocenters. The van der Waals surface area contributed by atoms with Gasteiger partial charge in [0.1, 0.15) is 23.1 Å². The van der Waals surface area contributed by atoms with E-state index in [0.29, 0.717) is 17.7 Å². The maximum atomic E-state index is 13.1. The molecule has 0 aliphatic carbocycles. The Hall–Kier alpha value is -2.23. The lowest BCUT2D eigenvalue weighted by molar-refractivity contribution is 0.0986. The number of hydrogen-bond acceptors (Lipinski definition) is 2. The van der Waals surface area contributed by atoms with Gasteiger partial charge >= 0.3 is 0 Å². The summed E-state index contributed by atoms with van der Waals surface area (Å²) in [5.41, 5.74) is 0.398. The monoisotopic (exact) mass is 262 g/mol. The van der Waals surface area contributed by atoms with Crippen molar-refractivity contribution in [3.8, 4) is 11.5 Å². The molecule has 0 heterocycles. The predicted octanol–water partition coefficient (Wildman–Crippen LogP) is 4.35. The van der Waals surface area contributed by atoms with E-state index < -0.39 is 11.6 Å². The van der Waals surface area contributed by atoms with Crippen molar-refractivity contribution < 1.29 is 18.3 Å². The molecule has 2 rings (SSSR count). The smallest absolute Gasteiger partial charge is 0.166 e. The number of para-hydroxylation sites is 1. The number of halogens is 2. The van der Waals surface area contributed by atoms with Crippen LogP contribution in [0.3, 0.4) is 0 Å². The van der Waals surface area contributed by atoms with Crippen LogP contribution < -0.4 is 4.74 Å². The Morgan fingerprint density at radius 2 is 1.74 bits per heavy atom. The average molecular weight is 262 g/mol. The number of benzene rings is 2. The number of carbonyl (C=O) groups is 1. The van der Waals surface area contributed by atoms with Crippen LogP contribution >= 0.6 is 0 Å². The van der Waals surface area contributed by atoms with E-state index in [4.69, 9.17) is 4.74 Å². The Balaban J connectivity index is 2.35. The molecule has 0 unspecified atom stereocenters. The van der Waals surface area contributed by atoms with Gasteiger partial charge in [0.05, 0.1) is 5.56 Å². The van der Waals surface area contributed by atoms with Gasteiger partial charge in [0.2, 0.25) is 0 Å². The molecule has 2 aromatic carbocycles. The lowest BCUT2D eigenvalue weighted by atomic mass is 10.1. The molecule has 0 saturated carbocycles. The van der Waals surface area contributed by atoms with E-state index in [1.807, 2.05) is 0 Å². The van der Waals surface area contributed by atoms with Crippen LogP contribution in [0.4, 0.5) is 8.78 Å². The normalized spacial score (nSPS) is 10.3. The lowest BCUT2D eigenvalue weighted by Gasteiger charge is -2.10. The van der Waals surface area contributed by atoms with Crippen LogP contribution in [0.25, 0.3) is 0 Å². The van der Waals surface area contributed by atoms with Gasteiger partial charge in [-0.25, -0.2) is 8.78 Å². The second kappa shape index (κ2) is 5.61. The Bertz CT molecular complexity index is 589. The molecule has 0 spiro atoms. The SMILES string of the molecule is CCC(=O)c1ccccc1Oc1cc(F)cc(F)c1. The number of ether oxygens (including phenoxy) is 1. The molecule has 0 amide bonds. The van der Waals surface area contributed by atoms with Crippen molar-refractivity contribution >= 4 is 5.78 Å². The van der Waals surface area contributed by atoms with Crippen LogP contribution in [0.1, 0.15) is 23.7 Å². The van der Waals surface area contributed by atoms with E-state index in [2.05, 4.69) is 0 Å². The Kier molecular flexibility index (Phi) is 3.90. The summed E-state index contributed by atoms with van der Waals surface area (Å²) in [4.78, 5) is 11.7. The zero-order valence-electron chi connectivity index (χ0n) is 10.3. The number of ketones is 1. The topological polar surface area (TPSA) is 26.3 Å². The quantitative estimate of drug-likeness (QED) is 0.766. The van der Waals surface area contributed by atoms with E-state index >= 15 is 0 Å². The molecule has 0 aromatic heterocycles. The lowest BCUT2D eigenvalue weighted by Crippen LogP contribution is -2.00. The van der Waals surface area contributed by atoms with Crippen molar-refractivity contribution in [3.05, 3.63) is 59.7 Å². The highest BCUT2D eigenvalue weighted by atomic mass is 19.1. The first-order valence-electron chi connectivity index (χ1n) is 5.86. The maximum Gasteiger partial charge on any atom is 0.166 e. The molecule has 0 saturated heterocycles. The summed E-state index contributed by atoms with van der Waals surface area (Å²) in [6, 6.07) is 9.50. The Labute approximate surface area is 109 Å². The fourth-order valence-electron chi connectivity index (χ4n) is 1.69. The fraction of sp³-hybridized carbons (Fsp3) is 0.133. The third-order valence-electron chi connectivity index (χ3n) is 2.57. The zero-order chi connectivity index (χ0) is 13.8. The number of rotatable bonds is 4. The van der Waals surface area contributed by atoms with Crippen molar-refractivity contribution in [2.45, 2.75) is 13.3 Å². The van der Waals surface area contributed by atoms with Gasteiger partial charge in [-0.2, -0.15) is 0 Å². The van der Waals surface area contributed by atoms with Crippen LogP contribution in [0, 0.1) is 11.6 Å². The first-order valence-corrected chi connectivity index (χ1v) is 5.86. The van der Waals surface area contributed by atoms with Gasteiger partial charge in [0.25, 0.3) is 0 Å². The number of hydrogen-bond donors (Lipinski definition) is 0. The highest BCUT2D eigenvalue weighted by Crippen LogP contribution is 2.27. The number of carbonyl (C=O) groups excluding carboxylic acids is 1. The second-order valence-electron chi connectivity index (χ2n) is 3.98. The third-order valence-corrected chi connectivity index (χ3v) is 2.57. The third kappa shape index (κ3) is 3.16. The summed E-state index contributed by atoms with van der Waals surface area (Å²) in [7, 11) is 0. The highest BCUT2D eigenvalue weighted by Gasteiger charge is 2.11. The minimum Gasteiger partial charge on any atom is -0.456 e. The molecule has 4 heteroatoms.